The standard InChI is InChI=1S/C13H9ClN2/c1-8-3-2-4-11-13(8)16-12-7-9(14)5-6-10(12)15-11/h2-7H,1H3. The number of halogens is 1. The van der Waals surface area contributed by atoms with Gasteiger partial charge in [-0.1, -0.05) is 23.7 Å². The molecule has 0 N–H and O–H groups in total. The molecular weight excluding hydrogens is 220 g/mol. The summed E-state index contributed by atoms with van der Waals surface area (Å²) in [4.78, 5) is 9.15. The van der Waals surface area contributed by atoms with Gasteiger partial charge in [0.25, 0.3) is 0 Å². The van der Waals surface area contributed by atoms with Gasteiger partial charge in [0.05, 0.1) is 22.1 Å². The third-order valence-electron chi connectivity index (χ3n) is 2.63. The molecule has 3 rings (SSSR count). The number of hydrogen-bond donors (Lipinski definition) is 0. The number of hydrogen-bond acceptors (Lipinski definition) is 2. The SMILES string of the molecule is Cc1cccc2nc3ccc(Cl)cc3nc12. The van der Waals surface area contributed by atoms with Gasteiger partial charge in [-0.05, 0) is 36.8 Å². The molecule has 1 heterocycles. The fourth-order valence-electron chi connectivity index (χ4n) is 1.81. The molecule has 0 radical (unpaired) electrons. The summed E-state index contributed by atoms with van der Waals surface area (Å²) >= 11 is 5.94. The molecule has 0 spiro atoms. The minimum absolute atomic E-state index is 0.690. The lowest BCUT2D eigenvalue weighted by atomic mass is 10.2. The van der Waals surface area contributed by atoms with Crippen molar-refractivity contribution in [3.8, 4) is 0 Å². The molecule has 0 aliphatic carbocycles. The Balaban J connectivity index is 2.49. The fraction of sp³-hybridized carbons (Fsp3) is 0.0769. The normalized spacial score (nSPS) is 11.1. The first-order valence-corrected chi connectivity index (χ1v) is 5.44. The fourth-order valence-corrected chi connectivity index (χ4v) is 1.98. The van der Waals surface area contributed by atoms with E-state index < -0.39 is 0 Å². The van der Waals surface area contributed by atoms with E-state index in [1.165, 1.54) is 0 Å². The van der Waals surface area contributed by atoms with Crippen LogP contribution in [0.25, 0.3) is 22.1 Å². The van der Waals surface area contributed by atoms with E-state index in [9.17, 15) is 0 Å². The van der Waals surface area contributed by atoms with Crippen LogP contribution in [0.1, 0.15) is 5.56 Å². The Kier molecular flexibility index (Phi) is 2.04. The number of aryl methyl sites for hydroxylation is 1. The summed E-state index contributed by atoms with van der Waals surface area (Å²) in [5.74, 6) is 0. The zero-order valence-corrected chi connectivity index (χ0v) is 9.49. The van der Waals surface area contributed by atoms with Gasteiger partial charge in [-0.3, -0.25) is 0 Å². The van der Waals surface area contributed by atoms with E-state index in [1.807, 2.05) is 43.3 Å². The van der Waals surface area contributed by atoms with Crippen molar-refractivity contribution < 1.29 is 0 Å². The number of aromatic nitrogens is 2. The van der Waals surface area contributed by atoms with Crippen LogP contribution < -0.4 is 0 Å². The van der Waals surface area contributed by atoms with E-state index in [1.54, 1.807) is 0 Å². The Morgan fingerprint density at radius 3 is 2.69 bits per heavy atom. The molecule has 0 atom stereocenters. The maximum Gasteiger partial charge on any atom is 0.0923 e. The summed E-state index contributed by atoms with van der Waals surface area (Å²) in [6, 6.07) is 11.6. The van der Waals surface area contributed by atoms with Gasteiger partial charge in [0.15, 0.2) is 0 Å². The average Bonchev–Trinajstić information content (AvgIpc) is 2.28. The van der Waals surface area contributed by atoms with Crippen LogP contribution in [0.4, 0.5) is 0 Å². The van der Waals surface area contributed by atoms with Crippen molar-refractivity contribution in [1.29, 1.82) is 0 Å². The van der Waals surface area contributed by atoms with Gasteiger partial charge < -0.3 is 0 Å². The predicted octanol–water partition coefficient (Wildman–Crippen LogP) is 3.74. The molecule has 0 aliphatic heterocycles. The number of rotatable bonds is 0. The molecule has 3 aromatic rings. The van der Waals surface area contributed by atoms with Crippen molar-refractivity contribution in [2.45, 2.75) is 6.92 Å². The van der Waals surface area contributed by atoms with E-state index in [2.05, 4.69) is 9.97 Å². The Morgan fingerprint density at radius 2 is 1.81 bits per heavy atom. The first-order valence-electron chi connectivity index (χ1n) is 5.07. The topological polar surface area (TPSA) is 25.8 Å². The van der Waals surface area contributed by atoms with E-state index in [0.29, 0.717) is 5.02 Å². The van der Waals surface area contributed by atoms with Crippen LogP contribution in [0, 0.1) is 6.92 Å². The van der Waals surface area contributed by atoms with Crippen molar-refractivity contribution in [1.82, 2.24) is 9.97 Å². The van der Waals surface area contributed by atoms with Gasteiger partial charge in [-0.25, -0.2) is 9.97 Å². The van der Waals surface area contributed by atoms with E-state index in [0.717, 1.165) is 27.6 Å². The smallest absolute Gasteiger partial charge is 0.0923 e. The molecular formula is C13H9ClN2. The summed E-state index contributed by atoms with van der Waals surface area (Å²) in [5, 5.41) is 0.690. The molecule has 78 valence electrons. The van der Waals surface area contributed by atoms with Gasteiger partial charge in [0.1, 0.15) is 0 Å². The van der Waals surface area contributed by atoms with Crippen molar-refractivity contribution in [3.63, 3.8) is 0 Å². The summed E-state index contributed by atoms with van der Waals surface area (Å²) < 4.78 is 0. The van der Waals surface area contributed by atoms with Crippen molar-refractivity contribution in [2.24, 2.45) is 0 Å². The highest BCUT2D eigenvalue weighted by Gasteiger charge is 2.03. The minimum Gasteiger partial charge on any atom is -0.244 e. The Hall–Kier alpha value is -1.67. The molecule has 0 saturated heterocycles. The van der Waals surface area contributed by atoms with Crippen molar-refractivity contribution in [2.75, 3.05) is 0 Å². The lowest BCUT2D eigenvalue weighted by molar-refractivity contribution is 1.36. The van der Waals surface area contributed by atoms with Crippen LogP contribution >= 0.6 is 11.6 Å². The van der Waals surface area contributed by atoms with Crippen molar-refractivity contribution >= 4 is 33.7 Å². The zero-order valence-electron chi connectivity index (χ0n) is 8.74. The van der Waals surface area contributed by atoms with Crippen LogP contribution in [0.3, 0.4) is 0 Å². The highest BCUT2D eigenvalue weighted by molar-refractivity contribution is 6.31. The molecule has 0 bridgehead atoms. The molecule has 3 heteroatoms. The molecule has 0 fully saturated rings. The molecule has 2 aromatic carbocycles. The van der Waals surface area contributed by atoms with E-state index in [4.69, 9.17) is 11.6 Å². The molecule has 2 nitrogen and oxygen atoms in total. The second kappa shape index (κ2) is 3.42. The number of para-hydroxylation sites is 1. The zero-order chi connectivity index (χ0) is 11.1. The summed E-state index contributed by atoms with van der Waals surface area (Å²) in [6.45, 7) is 2.04. The van der Waals surface area contributed by atoms with Crippen molar-refractivity contribution in [3.05, 3.63) is 47.0 Å². The predicted molar refractivity (Wildman–Crippen MR) is 66.8 cm³/mol. The maximum atomic E-state index is 5.94. The Morgan fingerprint density at radius 1 is 0.938 bits per heavy atom. The molecule has 0 saturated carbocycles. The third kappa shape index (κ3) is 1.42. The van der Waals surface area contributed by atoms with Gasteiger partial charge in [-0.2, -0.15) is 0 Å². The maximum absolute atomic E-state index is 5.94. The van der Waals surface area contributed by atoms with Crippen LogP contribution in [0.2, 0.25) is 5.02 Å². The number of benzene rings is 2. The van der Waals surface area contributed by atoms with Gasteiger partial charge in [0, 0.05) is 5.02 Å². The lowest BCUT2D eigenvalue weighted by Gasteiger charge is -2.03. The Bertz CT molecular complexity index is 692. The van der Waals surface area contributed by atoms with Gasteiger partial charge >= 0.3 is 0 Å². The number of nitrogens with zero attached hydrogens (tertiary/aromatic N) is 2. The van der Waals surface area contributed by atoms with Crippen LogP contribution in [-0.2, 0) is 0 Å². The molecule has 0 amide bonds. The van der Waals surface area contributed by atoms with Crippen LogP contribution in [-0.4, -0.2) is 9.97 Å². The first kappa shape index (κ1) is 9.55. The molecule has 1 aromatic heterocycles. The van der Waals surface area contributed by atoms with Gasteiger partial charge in [0.2, 0.25) is 0 Å². The van der Waals surface area contributed by atoms with Gasteiger partial charge in [-0.15, -0.1) is 0 Å². The molecule has 0 unspecified atom stereocenters. The molecule has 0 aliphatic rings. The minimum atomic E-state index is 0.690. The summed E-state index contributed by atoms with van der Waals surface area (Å²) in [6.07, 6.45) is 0. The van der Waals surface area contributed by atoms with Crippen LogP contribution in [0.5, 0.6) is 0 Å². The lowest BCUT2D eigenvalue weighted by Crippen LogP contribution is -1.89. The quantitative estimate of drug-likeness (QED) is 0.548. The summed E-state index contributed by atoms with van der Waals surface area (Å²) in [7, 11) is 0. The second-order valence-electron chi connectivity index (χ2n) is 3.80. The monoisotopic (exact) mass is 228 g/mol. The van der Waals surface area contributed by atoms with E-state index >= 15 is 0 Å². The average molecular weight is 229 g/mol. The Labute approximate surface area is 97.9 Å². The first-order chi connectivity index (χ1) is 7.74. The third-order valence-corrected chi connectivity index (χ3v) is 2.86. The van der Waals surface area contributed by atoms with Crippen LogP contribution in [0.15, 0.2) is 36.4 Å². The molecule has 16 heavy (non-hydrogen) atoms. The largest absolute Gasteiger partial charge is 0.244 e. The highest BCUT2D eigenvalue weighted by Crippen LogP contribution is 2.21. The summed E-state index contributed by atoms with van der Waals surface area (Å²) in [5.41, 5.74) is 4.72. The highest BCUT2D eigenvalue weighted by atomic mass is 35.5. The second-order valence-corrected chi connectivity index (χ2v) is 4.24. The number of fused-ring (bicyclic) bond motifs is 2. The van der Waals surface area contributed by atoms with E-state index in [-0.39, 0.29) is 0 Å².